The molecule has 4 nitrogen and oxygen atoms in total. The summed E-state index contributed by atoms with van der Waals surface area (Å²) in [5.74, 6) is 0.408. The molecule has 1 heterocycles. The topological polar surface area (TPSA) is 35.6 Å². The van der Waals surface area contributed by atoms with Gasteiger partial charge in [-0.1, -0.05) is 36.8 Å². The minimum Gasteiger partial charge on any atom is -0.369 e. The molecule has 2 aliphatic rings. The van der Waals surface area contributed by atoms with E-state index in [4.69, 9.17) is 0 Å². The van der Waals surface area contributed by atoms with Crippen molar-refractivity contribution in [3.8, 4) is 0 Å². The quantitative estimate of drug-likeness (QED) is 0.893. The van der Waals surface area contributed by atoms with Gasteiger partial charge < -0.3 is 10.2 Å². The molecule has 26 heavy (non-hydrogen) atoms. The molecule has 0 atom stereocenters. The van der Waals surface area contributed by atoms with Crippen LogP contribution in [-0.2, 0) is 11.3 Å². The fraction of sp³-hybridized carbons (Fsp3) is 0.409. The standard InChI is InChI=1S/C22H27N3O/c26-22(19-7-4-8-19)23-20-9-11-21(12-10-20)25-15-13-24(14-16-25)17-18-5-2-1-3-6-18/h1-3,5-6,9-12,19H,4,7-8,13-17H2,(H,23,26). The van der Waals surface area contributed by atoms with Gasteiger partial charge in [-0.2, -0.15) is 0 Å². The summed E-state index contributed by atoms with van der Waals surface area (Å²) in [6.45, 7) is 5.27. The van der Waals surface area contributed by atoms with Gasteiger partial charge in [-0.15, -0.1) is 0 Å². The molecule has 4 heteroatoms. The van der Waals surface area contributed by atoms with Gasteiger partial charge in [0.15, 0.2) is 0 Å². The highest BCUT2D eigenvalue weighted by molar-refractivity contribution is 5.93. The molecule has 2 aromatic carbocycles. The van der Waals surface area contributed by atoms with E-state index < -0.39 is 0 Å². The van der Waals surface area contributed by atoms with Crippen molar-refractivity contribution < 1.29 is 4.79 Å². The second kappa shape index (κ2) is 7.92. The lowest BCUT2D eigenvalue weighted by atomic mass is 9.85. The van der Waals surface area contributed by atoms with Gasteiger partial charge in [-0.3, -0.25) is 9.69 Å². The molecule has 1 aliphatic carbocycles. The summed E-state index contributed by atoms with van der Waals surface area (Å²) < 4.78 is 0. The van der Waals surface area contributed by atoms with Crippen molar-refractivity contribution in [2.24, 2.45) is 5.92 Å². The Labute approximate surface area is 155 Å². The Morgan fingerprint density at radius 1 is 0.923 bits per heavy atom. The number of amides is 1. The highest BCUT2D eigenvalue weighted by Gasteiger charge is 2.25. The van der Waals surface area contributed by atoms with Gasteiger partial charge in [-0.25, -0.2) is 0 Å². The lowest BCUT2D eigenvalue weighted by Crippen LogP contribution is -2.45. The highest BCUT2D eigenvalue weighted by Crippen LogP contribution is 2.28. The SMILES string of the molecule is O=C(Nc1ccc(N2CCN(Cc3ccccc3)CC2)cc1)C1CCC1. The lowest BCUT2D eigenvalue weighted by molar-refractivity contribution is -0.122. The van der Waals surface area contributed by atoms with Gasteiger partial charge in [0.1, 0.15) is 0 Å². The molecule has 2 aromatic rings. The predicted molar refractivity (Wildman–Crippen MR) is 106 cm³/mol. The van der Waals surface area contributed by atoms with Gasteiger partial charge in [-0.05, 0) is 42.7 Å². The molecular weight excluding hydrogens is 322 g/mol. The van der Waals surface area contributed by atoms with Gasteiger partial charge in [0.05, 0.1) is 0 Å². The smallest absolute Gasteiger partial charge is 0.227 e. The van der Waals surface area contributed by atoms with Gasteiger partial charge in [0.2, 0.25) is 5.91 Å². The number of nitrogens with zero attached hydrogens (tertiary/aromatic N) is 2. The molecule has 1 amide bonds. The van der Waals surface area contributed by atoms with Crippen LogP contribution < -0.4 is 10.2 Å². The number of piperazine rings is 1. The van der Waals surface area contributed by atoms with Gasteiger partial charge in [0.25, 0.3) is 0 Å². The molecule has 1 saturated heterocycles. The maximum absolute atomic E-state index is 12.0. The first-order valence-electron chi connectivity index (χ1n) is 9.70. The second-order valence-corrected chi connectivity index (χ2v) is 7.41. The van der Waals surface area contributed by atoms with Gasteiger partial charge >= 0.3 is 0 Å². The minimum atomic E-state index is 0.179. The maximum Gasteiger partial charge on any atom is 0.227 e. The molecular formula is C22H27N3O. The van der Waals surface area contributed by atoms with Crippen LogP contribution in [-0.4, -0.2) is 37.0 Å². The Balaban J connectivity index is 1.28. The van der Waals surface area contributed by atoms with E-state index in [2.05, 4.69) is 57.6 Å². The normalized spacial score (nSPS) is 18.4. The van der Waals surface area contributed by atoms with Crippen LogP contribution in [0.2, 0.25) is 0 Å². The summed E-state index contributed by atoms with van der Waals surface area (Å²) in [6, 6.07) is 19.0. The summed E-state index contributed by atoms with van der Waals surface area (Å²) in [7, 11) is 0. The van der Waals surface area contributed by atoms with Crippen molar-refractivity contribution >= 4 is 17.3 Å². The van der Waals surface area contributed by atoms with Crippen LogP contribution in [0.15, 0.2) is 54.6 Å². The summed E-state index contributed by atoms with van der Waals surface area (Å²) in [5.41, 5.74) is 3.53. The third-order valence-corrected chi connectivity index (χ3v) is 5.60. The Morgan fingerprint density at radius 2 is 1.62 bits per heavy atom. The van der Waals surface area contributed by atoms with Crippen molar-refractivity contribution in [3.05, 3.63) is 60.2 Å². The zero-order chi connectivity index (χ0) is 17.8. The number of anilines is 2. The van der Waals surface area contributed by atoms with Gasteiger partial charge in [0, 0.05) is 50.0 Å². The van der Waals surface area contributed by atoms with Crippen LogP contribution >= 0.6 is 0 Å². The molecule has 4 rings (SSSR count). The zero-order valence-corrected chi connectivity index (χ0v) is 15.2. The number of benzene rings is 2. The van der Waals surface area contributed by atoms with Crippen LogP contribution in [0, 0.1) is 5.92 Å². The van der Waals surface area contributed by atoms with E-state index in [0.29, 0.717) is 0 Å². The van der Waals surface area contributed by atoms with Crippen molar-refractivity contribution in [2.45, 2.75) is 25.8 Å². The lowest BCUT2D eigenvalue weighted by Gasteiger charge is -2.36. The molecule has 1 aliphatic heterocycles. The first-order chi connectivity index (χ1) is 12.8. The fourth-order valence-corrected chi connectivity index (χ4v) is 3.68. The minimum absolute atomic E-state index is 0.179. The molecule has 0 bridgehead atoms. The number of hydrogen-bond donors (Lipinski definition) is 1. The number of hydrogen-bond acceptors (Lipinski definition) is 3. The monoisotopic (exact) mass is 349 g/mol. The predicted octanol–water partition coefficient (Wildman–Crippen LogP) is 3.75. The van der Waals surface area contributed by atoms with Crippen molar-refractivity contribution in [3.63, 3.8) is 0 Å². The molecule has 1 N–H and O–H groups in total. The number of nitrogens with one attached hydrogen (secondary N) is 1. The Bertz CT molecular complexity index is 717. The molecule has 2 fully saturated rings. The summed E-state index contributed by atoms with van der Waals surface area (Å²) >= 11 is 0. The van der Waals surface area contributed by atoms with E-state index >= 15 is 0 Å². The van der Waals surface area contributed by atoms with E-state index in [0.717, 1.165) is 51.3 Å². The maximum atomic E-state index is 12.0. The molecule has 0 radical (unpaired) electrons. The zero-order valence-electron chi connectivity index (χ0n) is 15.2. The number of rotatable bonds is 5. The third kappa shape index (κ3) is 4.07. The summed E-state index contributed by atoms with van der Waals surface area (Å²) in [4.78, 5) is 17.0. The number of carbonyl (C=O) groups is 1. The first kappa shape index (κ1) is 17.1. The number of carbonyl (C=O) groups excluding carboxylic acids is 1. The Morgan fingerprint density at radius 3 is 2.23 bits per heavy atom. The molecule has 0 unspecified atom stereocenters. The van der Waals surface area contributed by atoms with E-state index in [1.807, 2.05) is 12.1 Å². The van der Waals surface area contributed by atoms with Crippen LogP contribution in [0.4, 0.5) is 11.4 Å². The Hall–Kier alpha value is -2.33. The fourth-order valence-electron chi connectivity index (χ4n) is 3.68. The van der Waals surface area contributed by atoms with Crippen molar-refractivity contribution in [1.82, 2.24) is 4.90 Å². The summed E-state index contributed by atoms with van der Waals surface area (Å²) in [6.07, 6.45) is 3.27. The van der Waals surface area contributed by atoms with E-state index in [1.54, 1.807) is 0 Å². The molecule has 0 spiro atoms. The average molecular weight is 349 g/mol. The van der Waals surface area contributed by atoms with Crippen molar-refractivity contribution in [2.75, 3.05) is 36.4 Å². The summed E-state index contributed by atoms with van der Waals surface area (Å²) in [5, 5.41) is 3.04. The van der Waals surface area contributed by atoms with Crippen LogP contribution in [0.5, 0.6) is 0 Å². The average Bonchev–Trinajstić information content (AvgIpc) is 2.62. The van der Waals surface area contributed by atoms with Crippen LogP contribution in [0.1, 0.15) is 24.8 Å². The van der Waals surface area contributed by atoms with Crippen molar-refractivity contribution in [1.29, 1.82) is 0 Å². The first-order valence-corrected chi connectivity index (χ1v) is 9.70. The second-order valence-electron chi connectivity index (χ2n) is 7.41. The van der Waals surface area contributed by atoms with E-state index in [9.17, 15) is 4.79 Å². The van der Waals surface area contributed by atoms with Crippen LogP contribution in [0.3, 0.4) is 0 Å². The molecule has 0 aromatic heterocycles. The van der Waals surface area contributed by atoms with E-state index in [-0.39, 0.29) is 11.8 Å². The molecule has 1 saturated carbocycles. The molecule has 136 valence electrons. The van der Waals surface area contributed by atoms with Crippen LogP contribution in [0.25, 0.3) is 0 Å². The third-order valence-electron chi connectivity index (χ3n) is 5.60. The highest BCUT2D eigenvalue weighted by atomic mass is 16.1. The van der Waals surface area contributed by atoms with E-state index in [1.165, 1.54) is 17.7 Å². The largest absolute Gasteiger partial charge is 0.369 e. The Kier molecular flexibility index (Phi) is 5.21.